The van der Waals surface area contributed by atoms with Gasteiger partial charge in [0.15, 0.2) is 11.5 Å². The zero-order valence-corrected chi connectivity index (χ0v) is 12.9. The van der Waals surface area contributed by atoms with Gasteiger partial charge in [-0.3, -0.25) is 4.90 Å². The van der Waals surface area contributed by atoms with Crippen molar-refractivity contribution in [3.63, 3.8) is 0 Å². The summed E-state index contributed by atoms with van der Waals surface area (Å²) in [6.45, 7) is 6.42. The molecule has 0 bridgehead atoms. The number of nitrogens with zero attached hydrogens (tertiary/aromatic N) is 1. The van der Waals surface area contributed by atoms with Crippen LogP contribution in [0.5, 0.6) is 11.5 Å². The van der Waals surface area contributed by atoms with E-state index < -0.39 is 0 Å². The van der Waals surface area contributed by atoms with Gasteiger partial charge in [-0.15, -0.1) is 0 Å². The summed E-state index contributed by atoms with van der Waals surface area (Å²) in [6, 6.07) is 6.55. The Morgan fingerprint density at radius 2 is 2.00 bits per heavy atom. The summed E-state index contributed by atoms with van der Waals surface area (Å²) in [5, 5.41) is 0. The van der Waals surface area contributed by atoms with Crippen LogP contribution in [0.2, 0.25) is 0 Å². The van der Waals surface area contributed by atoms with Crippen molar-refractivity contribution in [3.05, 3.63) is 23.8 Å². The summed E-state index contributed by atoms with van der Waals surface area (Å²) in [7, 11) is 0. The highest BCUT2D eigenvalue weighted by Gasteiger charge is 2.28. The van der Waals surface area contributed by atoms with Crippen molar-refractivity contribution in [3.8, 4) is 11.5 Å². The molecule has 0 aromatic heterocycles. The highest BCUT2D eigenvalue weighted by atomic mass is 16.6. The Labute approximate surface area is 127 Å². The van der Waals surface area contributed by atoms with Gasteiger partial charge in [-0.2, -0.15) is 0 Å². The standard InChI is InChI=1S/C17H26N2O2/c1-2-7-19(12-13-3-4-13)15(11-18)14-5-6-16-17(10-14)21-9-8-20-16/h5-6,10,13,15H,2-4,7-9,11-12,18H2,1H3. The summed E-state index contributed by atoms with van der Waals surface area (Å²) in [5.41, 5.74) is 7.34. The van der Waals surface area contributed by atoms with Crippen LogP contribution < -0.4 is 15.2 Å². The predicted octanol–water partition coefficient (Wildman–Crippen LogP) is 2.58. The van der Waals surface area contributed by atoms with Gasteiger partial charge in [0.2, 0.25) is 0 Å². The lowest BCUT2D eigenvalue weighted by Gasteiger charge is -2.32. The van der Waals surface area contributed by atoms with Crippen LogP contribution in [0.25, 0.3) is 0 Å². The van der Waals surface area contributed by atoms with Gasteiger partial charge in [-0.25, -0.2) is 0 Å². The molecule has 1 unspecified atom stereocenters. The molecule has 1 aliphatic carbocycles. The van der Waals surface area contributed by atoms with E-state index in [2.05, 4.69) is 24.0 Å². The minimum absolute atomic E-state index is 0.279. The summed E-state index contributed by atoms with van der Waals surface area (Å²) in [5.74, 6) is 2.59. The monoisotopic (exact) mass is 290 g/mol. The number of fused-ring (bicyclic) bond motifs is 1. The number of hydrogen-bond acceptors (Lipinski definition) is 4. The second kappa shape index (κ2) is 6.67. The zero-order chi connectivity index (χ0) is 14.7. The van der Waals surface area contributed by atoms with E-state index in [-0.39, 0.29) is 6.04 Å². The van der Waals surface area contributed by atoms with Crippen LogP contribution >= 0.6 is 0 Å². The van der Waals surface area contributed by atoms with Crippen molar-refractivity contribution < 1.29 is 9.47 Å². The lowest BCUT2D eigenvalue weighted by Crippen LogP contribution is -2.36. The molecule has 0 saturated heterocycles. The molecular weight excluding hydrogens is 264 g/mol. The van der Waals surface area contributed by atoms with Gasteiger partial charge in [0.1, 0.15) is 13.2 Å². The molecule has 116 valence electrons. The van der Waals surface area contributed by atoms with Gasteiger partial charge in [-0.1, -0.05) is 13.0 Å². The van der Waals surface area contributed by atoms with Gasteiger partial charge in [-0.05, 0) is 49.4 Å². The molecule has 4 nitrogen and oxygen atoms in total. The lowest BCUT2D eigenvalue weighted by atomic mass is 10.0. The molecule has 0 amide bonds. The maximum absolute atomic E-state index is 6.09. The number of benzene rings is 1. The lowest BCUT2D eigenvalue weighted by molar-refractivity contribution is 0.168. The molecule has 0 spiro atoms. The Morgan fingerprint density at radius 1 is 1.24 bits per heavy atom. The highest BCUT2D eigenvalue weighted by molar-refractivity contribution is 5.44. The second-order valence-corrected chi connectivity index (χ2v) is 6.09. The van der Waals surface area contributed by atoms with Crippen molar-refractivity contribution in [2.24, 2.45) is 11.7 Å². The van der Waals surface area contributed by atoms with Gasteiger partial charge in [0.05, 0.1) is 0 Å². The summed E-state index contributed by atoms with van der Waals surface area (Å²) < 4.78 is 11.3. The molecule has 1 aromatic carbocycles. The molecule has 0 radical (unpaired) electrons. The first-order chi connectivity index (χ1) is 10.3. The molecule has 1 saturated carbocycles. The van der Waals surface area contributed by atoms with Crippen molar-refractivity contribution >= 4 is 0 Å². The first-order valence-corrected chi connectivity index (χ1v) is 8.15. The predicted molar refractivity (Wildman–Crippen MR) is 83.8 cm³/mol. The molecule has 21 heavy (non-hydrogen) atoms. The van der Waals surface area contributed by atoms with Crippen LogP contribution in [0.1, 0.15) is 37.8 Å². The van der Waals surface area contributed by atoms with E-state index in [1.807, 2.05) is 6.07 Å². The summed E-state index contributed by atoms with van der Waals surface area (Å²) in [6.07, 6.45) is 3.91. The minimum atomic E-state index is 0.279. The van der Waals surface area contributed by atoms with Gasteiger partial charge >= 0.3 is 0 Å². The Kier molecular flexibility index (Phi) is 4.66. The maximum atomic E-state index is 6.09. The Bertz CT molecular complexity index is 474. The number of nitrogens with two attached hydrogens (primary N) is 1. The SMILES string of the molecule is CCCN(CC1CC1)C(CN)c1ccc2c(c1)OCCO2. The average Bonchev–Trinajstić information content (AvgIpc) is 3.32. The van der Waals surface area contributed by atoms with Crippen LogP contribution in [0.4, 0.5) is 0 Å². The average molecular weight is 290 g/mol. The summed E-state index contributed by atoms with van der Waals surface area (Å²) in [4.78, 5) is 2.54. The number of ether oxygens (including phenoxy) is 2. The molecule has 1 aliphatic heterocycles. The molecule has 1 heterocycles. The van der Waals surface area contributed by atoms with E-state index in [1.165, 1.54) is 24.9 Å². The molecule has 2 aliphatic rings. The fourth-order valence-corrected chi connectivity index (χ4v) is 3.06. The first kappa shape index (κ1) is 14.7. The molecule has 1 atom stereocenters. The quantitative estimate of drug-likeness (QED) is 0.838. The molecule has 1 aromatic rings. The fourth-order valence-electron chi connectivity index (χ4n) is 3.06. The van der Waals surface area contributed by atoms with Gasteiger partial charge in [0, 0.05) is 19.1 Å². The van der Waals surface area contributed by atoms with Crippen LogP contribution in [-0.2, 0) is 0 Å². The zero-order valence-electron chi connectivity index (χ0n) is 12.9. The van der Waals surface area contributed by atoms with Gasteiger partial charge < -0.3 is 15.2 Å². The number of rotatable bonds is 7. The smallest absolute Gasteiger partial charge is 0.161 e. The molecule has 2 N–H and O–H groups in total. The van der Waals surface area contributed by atoms with Gasteiger partial charge in [0.25, 0.3) is 0 Å². The first-order valence-electron chi connectivity index (χ1n) is 8.15. The second-order valence-electron chi connectivity index (χ2n) is 6.09. The number of hydrogen-bond donors (Lipinski definition) is 1. The third kappa shape index (κ3) is 3.50. The van der Waals surface area contributed by atoms with Crippen molar-refractivity contribution in [2.75, 3.05) is 32.8 Å². The van der Waals surface area contributed by atoms with Crippen molar-refractivity contribution in [1.82, 2.24) is 4.90 Å². The topological polar surface area (TPSA) is 47.7 Å². The largest absolute Gasteiger partial charge is 0.486 e. The molecule has 4 heteroatoms. The Hall–Kier alpha value is -1.26. The van der Waals surface area contributed by atoms with Crippen LogP contribution in [0, 0.1) is 5.92 Å². The van der Waals surface area contributed by atoms with Crippen molar-refractivity contribution in [2.45, 2.75) is 32.2 Å². The molecule has 3 rings (SSSR count). The van der Waals surface area contributed by atoms with E-state index in [4.69, 9.17) is 15.2 Å². The Balaban J connectivity index is 1.79. The molecule has 1 fully saturated rings. The highest BCUT2D eigenvalue weighted by Crippen LogP contribution is 2.36. The van der Waals surface area contributed by atoms with E-state index in [1.54, 1.807) is 0 Å². The Morgan fingerprint density at radius 3 is 2.67 bits per heavy atom. The minimum Gasteiger partial charge on any atom is -0.486 e. The third-order valence-corrected chi connectivity index (χ3v) is 4.32. The third-order valence-electron chi connectivity index (χ3n) is 4.32. The van der Waals surface area contributed by atoms with Crippen LogP contribution in [0.15, 0.2) is 18.2 Å². The normalized spacial score (nSPS) is 18.8. The maximum Gasteiger partial charge on any atom is 0.161 e. The molecular formula is C17H26N2O2. The van der Waals surface area contributed by atoms with Crippen molar-refractivity contribution in [1.29, 1.82) is 0 Å². The van der Waals surface area contributed by atoms with E-state index in [9.17, 15) is 0 Å². The van der Waals surface area contributed by atoms with E-state index in [0.717, 1.165) is 30.4 Å². The van der Waals surface area contributed by atoms with Crippen LogP contribution in [-0.4, -0.2) is 37.7 Å². The van der Waals surface area contributed by atoms with E-state index in [0.29, 0.717) is 19.8 Å². The van der Waals surface area contributed by atoms with Crippen LogP contribution in [0.3, 0.4) is 0 Å². The summed E-state index contributed by atoms with van der Waals surface area (Å²) >= 11 is 0. The van der Waals surface area contributed by atoms with E-state index >= 15 is 0 Å². The fraction of sp³-hybridized carbons (Fsp3) is 0.647.